The van der Waals surface area contributed by atoms with Crippen molar-refractivity contribution in [1.29, 1.82) is 0 Å². The van der Waals surface area contributed by atoms with Crippen LogP contribution in [0.1, 0.15) is 0 Å². The van der Waals surface area contributed by atoms with E-state index >= 15 is 0 Å². The van der Waals surface area contributed by atoms with Crippen molar-refractivity contribution in [3.05, 3.63) is 12.8 Å². The van der Waals surface area contributed by atoms with E-state index < -0.39 is 30.0 Å². The van der Waals surface area contributed by atoms with E-state index in [-0.39, 0.29) is 13.1 Å². The Morgan fingerprint density at radius 2 is 2.19 bits per heavy atom. The number of piperazine rings is 1. The van der Waals surface area contributed by atoms with Crippen LogP contribution in [0.2, 0.25) is 0 Å². The van der Waals surface area contributed by atoms with Gasteiger partial charge in [0.1, 0.15) is 12.1 Å². The van der Waals surface area contributed by atoms with Crippen LogP contribution in [0, 0.1) is 0 Å². The first-order valence-corrected chi connectivity index (χ1v) is 4.79. The summed E-state index contributed by atoms with van der Waals surface area (Å²) in [5, 5.41) is 11.8. The number of rotatable bonds is 2. The smallest absolute Gasteiger partial charge is 0.332 e. The van der Waals surface area contributed by atoms with Crippen molar-refractivity contribution < 1.29 is 19.5 Å². The SMILES string of the molecule is C=CN1C(=O)[C@@H]2CNC[C@@H](C(=O)O)N2C1=O. The maximum absolute atomic E-state index is 11.8. The Morgan fingerprint density at radius 1 is 1.50 bits per heavy atom. The van der Waals surface area contributed by atoms with Gasteiger partial charge in [-0.1, -0.05) is 6.58 Å². The van der Waals surface area contributed by atoms with Crippen molar-refractivity contribution in [3.8, 4) is 0 Å². The van der Waals surface area contributed by atoms with Gasteiger partial charge < -0.3 is 10.4 Å². The van der Waals surface area contributed by atoms with E-state index in [0.29, 0.717) is 0 Å². The Balaban J connectivity index is 2.35. The summed E-state index contributed by atoms with van der Waals surface area (Å²) in [7, 11) is 0. The van der Waals surface area contributed by atoms with E-state index in [1.54, 1.807) is 0 Å². The van der Waals surface area contributed by atoms with Crippen LogP contribution >= 0.6 is 0 Å². The van der Waals surface area contributed by atoms with Crippen molar-refractivity contribution in [2.45, 2.75) is 12.1 Å². The molecule has 0 aromatic rings. The lowest BCUT2D eigenvalue weighted by Crippen LogP contribution is -2.60. The van der Waals surface area contributed by atoms with Gasteiger partial charge in [0, 0.05) is 19.3 Å². The molecular formula is C9H11N3O4. The van der Waals surface area contributed by atoms with Crippen LogP contribution in [0.4, 0.5) is 4.79 Å². The standard InChI is InChI=1S/C9H11N3O4/c1-2-11-7(13)5-3-10-4-6(8(14)15)12(5)9(11)16/h2,5-6,10H,1,3-4H2,(H,14,15)/t5-,6-/m0/s1. The molecule has 2 heterocycles. The Hall–Kier alpha value is -1.89. The molecule has 16 heavy (non-hydrogen) atoms. The first kappa shape index (κ1) is 10.6. The van der Waals surface area contributed by atoms with Gasteiger partial charge in [-0.25, -0.2) is 14.5 Å². The van der Waals surface area contributed by atoms with Gasteiger partial charge in [0.15, 0.2) is 0 Å². The van der Waals surface area contributed by atoms with E-state index in [9.17, 15) is 14.4 Å². The fourth-order valence-corrected chi connectivity index (χ4v) is 2.00. The summed E-state index contributed by atoms with van der Waals surface area (Å²) < 4.78 is 0. The molecule has 7 nitrogen and oxygen atoms in total. The molecule has 0 aromatic heterocycles. The fourth-order valence-electron chi connectivity index (χ4n) is 2.00. The van der Waals surface area contributed by atoms with Gasteiger partial charge >= 0.3 is 12.0 Å². The second-order valence-electron chi connectivity index (χ2n) is 3.61. The molecule has 86 valence electrons. The number of carbonyl (C=O) groups excluding carboxylic acids is 2. The Labute approximate surface area is 91.3 Å². The Morgan fingerprint density at radius 3 is 2.75 bits per heavy atom. The van der Waals surface area contributed by atoms with Crippen LogP contribution < -0.4 is 5.32 Å². The van der Waals surface area contributed by atoms with Gasteiger partial charge in [0.2, 0.25) is 0 Å². The number of aliphatic carboxylic acids is 1. The minimum absolute atomic E-state index is 0.149. The lowest BCUT2D eigenvalue weighted by molar-refractivity contribution is -0.143. The van der Waals surface area contributed by atoms with Crippen molar-refractivity contribution in [2.75, 3.05) is 13.1 Å². The summed E-state index contributed by atoms with van der Waals surface area (Å²) in [5.41, 5.74) is 0. The van der Waals surface area contributed by atoms with E-state index in [4.69, 9.17) is 5.11 Å². The lowest BCUT2D eigenvalue weighted by atomic mass is 10.1. The average Bonchev–Trinajstić information content (AvgIpc) is 2.51. The highest BCUT2D eigenvalue weighted by Crippen LogP contribution is 2.22. The largest absolute Gasteiger partial charge is 0.480 e. The number of carboxylic acid groups (broad SMARTS) is 1. The van der Waals surface area contributed by atoms with Gasteiger partial charge in [-0.2, -0.15) is 0 Å². The molecule has 0 spiro atoms. The minimum Gasteiger partial charge on any atom is -0.480 e. The summed E-state index contributed by atoms with van der Waals surface area (Å²) in [4.78, 5) is 36.4. The molecule has 3 amide bonds. The van der Waals surface area contributed by atoms with Gasteiger partial charge in [-0.3, -0.25) is 9.69 Å². The molecule has 0 unspecified atom stereocenters. The number of carboxylic acids is 1. The Bertz CT molecular complexity index is 381. The third-order valence-corrected chi connectivity index (χ3v) is 2.76. The van der Waals surface area contributed by atoms with E-state index in [1.807, 2.05) is 0 Å². The summed E-state index contributed by atoms with van der Waals surface area (Å²) in [6, 6.07) is -2.35. The molecule has 0 saturated carbocycles. The van der Waals surface area contributed by atoms with Gasteiger partial charge in [-0.15, -0.1) is 0 Å². The highest BCUT2D eigenvalue weighted by molar-refractivity contribution is 6.06. The number of urea groups is 1. The van der Waals surface area contributed by atoms with Gasteiger partial charge in [0.05, 0.1) is 0 Å². The van der Waals surface area contributed by atoms with Gasteiger partial charge in [-0.05, 0) is 0 Å². The topological polar surface area (TPSA) is 89.9 Å². The van der Waals surface area contributed by atoms with Crippen LogP contribution in [-0.4, -0.2) is 58.0 Å². The molecule has 7 heteroatoms. The molecule has 2 aliphatic rings. The molecule has 2 atom stereocenters. The monoisotopic (exact) mass is 225 g/mol. The van der Waals surface area contributed by atoms with E-state index in [0.717, 1.165) is 16.0 Å². The zero-order valence-corrected chi connectivity index (χ0v) is 8.42. The number of carbonyl (C=O) groups is 3. The molecule has 2 N–H and O–H groups in total. The van der Waals surface area contributed by atoms with E-state index in [2.05, 4.69) is 11.9 Å². The summed E-state index contributed by atoms with van der Waals surface area (Å²) in [5.74, 6) is -1.55. The molecule has 2 fully saturated rings. The summed E-state index contributed by atoms with van der Waals surface area (Å²) in [6.45, 7) is 3.79. The van der Waals surface area contributed by atoms with Crippen LogP contribution in [0.15, 0.2) is 12.8 Å². The number of nitrogens with one attached hydrogen (secondary N) is 1. The van der Waals surface area contributed by atoms with Crippen LogP contribution in [0.25, 0.3) is 0 Å². The predicted molar refractivity (Wildman–Crippen MR) is 52.4 cm³/mol. The zero-order valence-electron chi connectivity index (χ0n) is 8.42. The number of nitrogens with zero attached hydrogens (tertiary/aromatic N) is 2. The normalized spacial score (nSPS) is 29.2. The molecule has 2 rings (SSSR count). The summed E-state index contributed by atoms with van der Waals surface area (Å²) >= 11 is 0. The average molecular weight is 225 g/mol. The zero-order chi connectivity index (χ0) is 11.9. The number of imide groups is 1. The predicted octanol–water partition coefficient (Wildman–Crippen LogP) is -1.18. The van der Waals surface area contributed by atoms with Crippen molar-refractivity contribution in [2.24, 2.45) is 0 Å². The maximum atomic E-state index is 11.8. The number of amides is 3. The number of hydrogen-bond donors (Lipinski definition) is 2. The highest BCUT2D eigenvalue weighted by atomic mass is 16.4. The van der Waals surface area contributed by atoms with E-state index in [1.165, 1.54) is 0 Å². The highest BCUT2D eigenvalue weighted by Gasteiger charge is 2.50. The second-order valence-corrected chi connectivity index (χ2v) is 3.61. The second kappa shape index (κ2) is 3.60. The third kappa shape index (κ3) is 1.28. The van der Waals surface area contributed by atoms with Gasteiger partial charge in [0.25, 0.3) is 5.91 Å². The molecule has 0 radical (unpaired) electrons. The van der Waals surface area contributed by atoms with Crippen molar-refractivity contribution >= 4 is 17.9 Å². The third-order valence-electron chi connectivity index (χ3n) is 2.76. The molecule has 0 bridgehead atoms. The molecule has 0 aliphatic carbocycles. The molecular weight excluding hydrogens is 214 g/mol. The Kier molecular flexibility index (Phi) is 2.39. The first-order chi connectivity index (χ1) is 7.57. The molecule has 2 aliphatic heterocycles. The molecule has 2 saturated heterocycles. The lowest BCUT2D eigenvalue weighted by Gasteiger charge is -2.33. The fraction of sp³-hybridized carbons (Fsp3) is 0.444. The first-order valence-electron chi connectivity index (χ1n) is 4.79. The minimum atomic E-state index is -1.12. The van der Waals surface area contributed by atoms with Crippen LogP contribution in [-0.2, 0) is 9.59 Å². The number of fused-ring (bicyclic) bond motifs is 1. The quantitative estimate of drug-likeness (QED) is 0.577. The molecule has 0 aromatic carbocycles. The number of hydrogen-bond acceptors (Lipinski definition) is 4. The van der Waals surface area contributed by atoms with Crippen molar-refractivity contribution in [3.63, 3.8) is 0 Å². The maximum Gasteiger partial charge on any atom is 0.332 e. The van der Waals surface area contributed by atoms with Crippen LogP contribution in [0.5, 0.6) is 0 Å². The van der Waals surface area contributed by atoms with Crippen molar-refractivity contribution in [1.82, 2.24) is 15.1 Å². The summed E-state index contributed by atoms with van der Waals surface area (Å²) in [6.07, 6.45) is 1.11. The van der Waals surface area contributed by atoms with Crippen LogP contribution in [0.3, 0.4) is 0 Å².